The average Bonchev–Trinajstić information content (AvgIpc) is 2.53. The van der Waals surface area contributed by atoms with Gasteiger partial charge in [-0.05, 0) is 20.8 Å². The second-order valence-corrected chi connectivity index (χ2v) is 8.92. The SMILES string of the molecule is CCNC(=NCCN1CCN(C(C)=O)CC1)N1CCSC(C)(C)C1. The van der Waals surface area contributed by atoms with Crippen molar-refractivity contribution in [2.45, 2.75) is 32.4 Å². The van der Waals surface area contributed by atoms with Crippen molar-refractivity contribution in [2.75, 3.05) is 64.7 Å². The lowest BCUT2D eigenvalue weighted by atomic mass is 10.2. The first-order valence-corrected chi connectivity index (χ1v) is 10.0. The smallest absolute Gasteiger partial charge is 0.219 e. The van der Waals surface area contributed by atoms with Crippen LogP contribution in [0.25, 0.3) is 0 Å². The molecule has 0 radical (unpaired) electrons. The molecule has 24 heavy (non-hydrogen) atoms. The molecule has 0 aromatic carbocycles. The van der Waals surface area contributed by atoms with Gasteiger partial charge in [0.05, 0.1) is 6.54 Å². The maximum atomic E-state index is 11.4. The fourth-order valence-electron chi connectivity index (χ4n) is 3.21. The molecular weight excluding hydrogens is 322 g/mol. The van der Waals surface area contributed by atoms with Crippen LogP contribution in [0.2, 0.25) is 0 Å². The first-order chi connectivity index (χ1) is 11.4. The van der Waals surface area contributed by atoms with E-state index < -0.39 is 0 Å². The topological polar surface area (TPSA) is 51.2 Å². The molecule has 0 saturated carbocycles. The van der Waals surface area contributed by atoms with Gasteiger partial charge in [-0.15, -0.1) is 0 Å². The summed E-state index contributed by atoms with van der Waals surface area (Å²) in [5.74, 6) is 2.39. The van der Waals surface area contributed by atoms with Gasteiger partial charge in [-0.3, -0.25) is 14.7 Å². The van der Waals surface area contributed by atoms with E-state index >= 15 is 0 Å². The summed E-state index contributed by atoms with van der Waals surface area (Å²) in [6.07, 6.45) is 0. The summed E-state index contributed by atoms with van der Waals surface area (Å²) in [5, 5.41) is 3.45. The maximum absolute atomic E-state index is 11.4. The molecule has 0 unspecified atom stereocenters. The molecule has 2 heterocycles. The molecule has 2 aliphatic heterocycles. The molecule has 138 valence electrons. The number of nitrogens with one attached hydrogen (secondary N) is 1. The summed E-state index contributed by atoms with van der Waals surface area (Å²) in [6.45, 7) is 16.8. The zero-order valence-corrected chi connectivity index (χ0v) is 16.5. The van der Waals surface area contributed by atoms with Gasteiger partial charge in [-0.2, -0.15) is 11.8 Å². The van der Waals surface area contributed by atoms with Crippen molar-refractivity contribution in [1.82, 2.24) is 20.0 Å². The third-order valence-corrected chi connectivity index (χ3v) is 5.85. The Hall–Kier alpha value is -0.950. The zero-order valence-electron chi connectivity index (χ0n) is 15.7. The molecule has 2 rings (SSSR count). The molecular formula is C17H33N5OS. The second kappa shape index (κ2) is 8.94. The summed E-state index contributed by atoms with van der Waals surface area (Å²) in [4.78, 5) is 23.0. The summed E-state index contributed by atoms with van der Waals surface area (Å²) in [7, 11) is 0. The van der Waals surface area contributed by atoms with E-state index in [0.717, 1.165) is 70.6 Å². The van der Waals surface area contributed by atoms with Gasteiger partial charge in [0.2, 0.25) is 5.91 Å². The summed E-state index contributed by atoms with van der Waals surface area (Å²) in [6, 6.07) is 0. The Kier molecular flexibility index (Phi) is 7.22. The maximum Gasteiger partial charge on any atom is 0.219 e. The molecule has 0 aromatic heterocycles. The van der Waals surface area contributed by atoms with Gasteiger partial charge in [-0.1, -0.05) is 0 Å². The highest BCUT2D eigenvalue weighted by Crippen LogP contribution is 2.29. The normalized spacial score (nSPS) is 22.6. The summed E-state index contributed by atoms with van der Waals surface area (Å²) < 4.78 is 0.289. The fraction of sp³-hybridized carbons (Fsp3) is 0.882. The van der Waals surface area contributed by atoms with Gasteiger partial charge in [-0.25, -0.2) is 0 Å². The molecule has 7 heteroatoms. The van der Waals surface area contributed by atoms with E-state index in [9.17, 15) is 4.79 Å². The first kappa shape index (κ1) is 19.4. The third-order valence-electron chi connectivity index (χ3n) is 4.56. The van der Waals surface area contributed by atoms with Crippen molar-refractivity contribution >= 4 is 23.6 Å². The van der Waals surface area contributed by atoms with Gasteiger partial charge >= 0.3 is 0 Å². The van der Waals surface area contributed by atoms with Crippen LogP contribution < -0.4 is 5.32 Å². The molecule has 0 aromatic rings. The van der Waals surface area contributed by atoms with Crippen LogP contribution in [0.1, 0.15) is 27.7 Å². The Morgan fingerprint density at radius 1 is 1.17 bits per heavy atom. The zero-order chi connectivity index (χ0) is 17.6. The van der Waals surface area contributed by atoms with Crippen LogP contribution >= 0.6 is 11.8 Å². The molecule has 2 fully saturated rings. The van der Waals surface area contributed by atoms with Crippen molar-refractivity contribution in [1.29, 1.82) is 0 Å². The minimum atomic E-state index is 0.188. The average molecular weight is 356 g/mol. The second-order valence-electron chi connectivity index (χ2n) is 7.11. The van der Waals surface area contributed by atoms with Crippen molar-refractivity contribution < 1.29 is 4.79 Å². The van der Waals surface area contributed by atoms with E-state index in [1.807, 2.05) is 16.7 Å². The van der Waals surface area contributed by atoms with Crippen LogP contribution in [0.4, 0.5) is 0 Å². The summed E-state index contributed by atoms with van der Waals surface area (Å²) in [5.41, 5.74) is 0. The number of hydrogen-bond acceptors (Lipinski definition) is 4. The van der Waals surface area contributed by atoms with Crippen LogP contribution in [0, 0.1) is 0 Å². The Bertz CT molecular complexity index is 446. The highest BCUT2D eigenvalue weighted by molar-refractivity contribution is 8.00. The van der Waals surface area contributed by atoms with Gasteiger partial charge in [0.25, 0.3) is 0 Å². The Balaban J connectivity index is 1.82. The van der Waals surface area contributed by atoms with Crippen molar-refractivity contribution in [2.24, 2.45) is 4.99 Å². The molecule has 6 nitrogen and oxygen atoms in total. The predicted molar refractivity (Wildman–Crippen MR) is 103 cm³/mol. The lowest BCUT2D eigenvalue weighted by molar-refractivity contribution is -0.130. The Labute approximate surface area is 151 Å². The molecule has 0 spiro atoms. The number of guanidine groups is 1. The van der Waals surface area contributed by atoms with E-state index in [0.29, 0.717) is 0 Å². The predicted octanol–water partition coefficient (Wildman–Crippen LogP) is 0.943. The van der Waals surface area contributed by atoms with Crippen molar-refractivity contribution in [3.05, 3.63) is 0 Å². The number of aliphatic imine (C=N–C) groups is 1. The lowest BCUT2D eigenvalue weighted by Crippen LogP contribution is -2.51. The van der Waals surface area contributed by atoms with Gasteiger partial charge in [0.1, 0.15) is 0 Å². The molecule has 2 saturated heterocycles. The number of nitrogens with zero attached hydrogens (tertiary/aromatic N) is 4. The fourth-order valence-corrected chi connectivity index (χ4v) is 4.32. The van der Waals surface area contributed by atoms with Crippen molar-refractivity contribution in [3.8, 4) is 0 Å². The molecule has 0 aliphatic carbocycles. The molecule has 0 bridgehead atoms. The number of carbonyl (C=O) groups is 1. The number of thioether (sulfide) groups is 1. The third kappa shape index (κ3) is 5.84. The minimum absolute atomic E-state index is 0.188. The van der Waals surface area contributed by atoms with E-state index in [4.69, 9.17) is 4.99 Å². The molecule has 0 atom stereocenters. The van der Waals surface area contributed by atoms with Crippen LogP contribution in [-0.4, -0.2) is 96.0 Å². The van der Waals surface area contributed by atoms with Gasteiger partial charge in [0.15, 0.2) is 5.96 Å². The highest BCUT2D eigenvalue weighted by Gasteiger charge is 2.28. The van der Waals surface area contributed by atoms with Crippen LogP contribution in [0.3, 0.4) is 0 Å². The summed E-state index contributed by atoms with van der Waals surface area (Å²) >= 11 is 2.04. The van der Waals surface area contributed by atoms with E-state index in [1.165, 1.54) is 0 Å². The molecule has 2 aliphatic rings. The van der Waals surface area contributed by atoms with Gasteiger partial charge < -0.3 is 15.1 Å². The largest absolute Gasteiger partial charge is 0.357 e. The van der Waals surface area contributed by atoms with Crippen LogP contribution in [0.15, 0.2) is 4.99 Å². The minimum Gasteiger partial charge on any atom is -0.357 e. The number of hydrogen-bond donors (Lipinski definition) is 1. The monoisotopic (exact) mass is 355 g/mol. The number of piperazine rings is 1. The van der Waals surface area contributed by atoms with Gasteiger partial charge in [0, 0.05) is 69.8 Å². The van der Waals surface area contributed by atoms with Crippen LogP contribution in [0.5, 0.6) is 0 Å². The van der Waals surface area contributed by atoms with Crippen molar-refractivity contribution in [3.63, 3.8) is 0 Å². The highest BCUT2D eigenvalue weighted by atomic mass is 32.2. The van der Waals surface area contributed by atoms with E-state index in [2.05, 4.69) is 35.9 Å². The number of amides is 1. The van der Waals surface area contributed by atoms with Crippen LogP contribution in [-0.2, 0) is 4.79 Å². The van der Waals surface area contributed by atoms with E-state index in [-0.39, 0.29) is 10.7 Å². The quantitative estimate of drug-likeness (QED) is 0.601. The Morgan fingerprint density at radius 2 is 1.88 bits per heavy atom. The first-order valence-electron chi connectivity index (χ1n) is 9.06. The molecule has 1 N–H and O–H groups in total. The Morgan fingerprint density at radius 3 is 2.46 bits per heavy atom. The number of carbonyl (C=O) groups excluding carboxylic acids is 1. The lowest BCUT2D eigenvalue weighted by Gasteiger charge is -2.39. The number of rotatable bonds is 4. The molecule has 1 amide bonds. The standard InChI is InChI=1S/C17H33N5OS/c1-5-18-16(22-12-13-24-17(3,4)14-22)19-6-7-20-8-10-21(11-9-20)15(2)23/h5-14H2,1-4H3,(H,18,19). The van der Waals surface area contributed by atoms with E-state index in [1.54, 1.807) is 6.92 Å².